The largest absolute Gasteiger partial charge is 0.466 e. The molecule has 0 aromatic carbocycles. The number of methoxy groups -OCH3 is 2. The van der Waals surface area contributed by atoms with E-state index in [2.05, 4.69) is 11.1 Å². The summed E-state index contributed by atoms with van der Waals surface area (Å²) in [4.78, 5) is 62.8. The number of amides is 1. The first-order valence-corrected chi connectivity index (χ1v) is 12.9. The number of nitrogens with two attached hydrogens (primary N) is 1. The van der Waals surface area contributed by atoms with Crippen LogP contribution in [0.1, 0.15) is 26.2 Å². The van der Waals surface area contributed by atoms with Crippen LogP contribution in [0.2, 0.25) is 0 Å². The molecule has 4 atom stereocenters. The minimum atomic E-state index is -4.93. The Morgan fingerprint density at radius 1 is 0.929 bits per heavy atom. The first-order chi connectivity index (χ1) is 19.8. The molecule has 12 nitrogen and oxygen atoms in total. The molecule has 4 aliphatic heterocycles. The summed E-state index contributed by atoms with van der Waals surface area (Å²) >= 11 is 0. The zero-order valence-corrected chi connectivity index (χ0v) is 23.3. The molecule has 0 saturated carbocycles. The topological polar surface area (TPSA) is 170 Å². The van der Waals surface area contributed by atoms with Gasteiger partial charge in [-0.1, -0.05) is 12.2 Å². The van der Waals surface area contributed by atoms with Crippen molar-refractivity contribution in [1.82, 2.24) is 5.32 Å². The molecule has 0 aromatic heterocycles. The van der Waals surface area contributed by atoms with E-state index in [0.29, 0.717) is 0 Å². The number of hydrogen-bond donors (Lipinski definition) is 2. The SMILES string of the molecule is CCOC(=O)C1=C(C(F)(F)F)C2C=CC1(C(=O)CCCC(=O)NCC13C=CC(O1)C(C(=O)OC)=C3C(=O)OC)O2.CN. The van der Waals surface area contributed by atoms with Gasteiger partial charge in [0.15, 0.2) is 11.4 Å². The van der Waals surface area contributed by atoms with E-state index in [1.165, 1.54) is 26.1 Å². The lowest BCUT2D eigenvalue weighted by atomic mass is 9.82. The number of alkyl halides is 3. The molecule has 0 aliphatic carbocycles. The smallest absolute Gasteiger partial charge is 0.416 e. The lowest BCUT2D eigenvalue weighted by Gasteiger charge is -2.26. The second-order valence-electron chi connectivity index (χ2n) is 9.25. The van der Waals surface area contributed by atoms with Gasteiger partial charge in [-0.2, -0.15) is 13.2 Å². The number of hydrogen-bond acceptors (Lipinski definition) is 11. The first kappa shape index (κ1) is 32.7. The number of carbonyl (C=O) groups excluding carboxylic acids is 5. The number of rotatable bonds is 11. The van der Waals surface area contributed by atoms with E-state index in [9.17, 15) is 37.1 Å². The van der Waals surface area contributed by atoms with Crippen molar-refractivity contribution in [3.05, 3.63) is 46.6 Å². The van der Waals surface area contributed by atoms with Crippen molar-refractivity contribution in [3.63, 3.8) is 0 Å². The van der Waals surface area contributed by atoms with Crippen LogP contribution in [0.5, 0.6) is 0 Å². The lowest BCUT2D eigenvalue weighted by Crippen LogP contribution is -2.44. The summed E-state index contributed by atoms with van der Waals surface area (Å²) in [5.74, 6) is -4.33. The Hall–Kier alpha value is -3.82. The number of esters is 3. The Morgan fingerprint density at radius 3 is 2.17 bits per heavy atom. The van der Waals surface area contributed by atoms with Gasteiger partial charge in [-0.15, -0.1) is 0 Å². The fourth-order valence-corrected chi connectivity index (χ4v) is 5.24. The summed E-state index contributed by atoms with van der Waals surface area (Å²) in [7, 11) is 3.77. The Kier molecular flexibility index (Phi) is 9.80. The Bertz CT molecular complexity index is 1280. The highest BCUT2D eigenvalue weighted by atomic mass is 19.4. The molecule has 4 unspecified atom stereocenters. The number of fused-ring (bicyclic) bond motifs is 4. The average Bonchev–Trinajstić information content (AvgIpc) is 3.74. The van der Waals surface area contributed by atoms with E-state index in [-0.39, 0.29) is 43.6 Å². The van der Waals surface area contributed by atoms with E-state index in [1.807, 2.05) is 0 Å². The van der Waals surface area contributed by atoms with Crippen LogP contribution in [0.25, 0.3) is 0 Å². The van der Waals surface area contributed by atoms with Crippen LogP contribution >= 0.6 is 0 Å². The van der Waals surface area contributed by atoms with Crippen LogP contribution in [-0.2, 0) is 47.7 Å². The molecule has 0 radical (unpaired) electrons. The van der Waals surface area contributed by atoms with Crippen molar-refractivity contribution in [3.8, 4) is 0 Å². The molecule has 0 saturated heterocycles. The van der Waals surface area contributed by atoms with Crippen LogP contribution < -0.4 is 11.1 Å². The van der Waals surface area contributed by atoms with Crippen molar-refractivity contribution in [2.45, 2.75) is 55.8 Å². The van der Waals surface area contributed by atoms with Crippen LogP contribution in [0.4, 0.5) is 13.2 Å². The minimum Gasteiger partial charge on any atom is -0.466 e. The summed E-state index contributed by atoms with van der Waals surface area (Å²) in [5.41, 5.74) is -1.54. The third-order valence-corrected chi connectivity index (χ3v) is 6.95. The molecule has 4 rings (SSSR count). The van der Waals surface area contributed by atoms with Crippen LogP contribution in [0.15, 0.2) is 46.6 Å². The number of ketones is 1. The zero-order chi connectivity index (χ0) is 31.5. The van der Waals surface area contributed by atoms with E-state index >= 15 is 0 Å². The highest BCUT2D eigenvalue weighted by molar-refractivity contribution is 6.07. The minimum absolute atomic E-state index is 0.0425. The van der Waals surface area contributed by atoms with Crippen molar-refractivity contribution in [1.29, 1.82) is 0 Å². The molecule has 42 heavy (non-hydrogen) atoms. The van der Waals surface area contributed by atoms with Crippen LogP contribution in [-0.4, -0.2) is 93.6 Å². The van der Waals surface area contributed by atoms with Crippen molar-refractivity contribution in [2.24, 2.45) is 5.73 Å². The third kappa shape index (κ3) is 5.63. The summed E-state index contributed by atoms with van der Waals surface area (Å²) in [5, 5.41) is 2.58. The number of halogens is 3. The van der Waals surface area contributed by atoms with Crippen molar-refractivity contribution >= 4 is 29.6 Å². The maximum Gasteiger partial charge on any atom is 0.416 e. The van der Waals surface area contributed by atoms with Gasteiger partial charge < -0.3 is 34.7 Å². The molecule has 4 aliphatic rings. The molecular formula is C27H31F3N2O10. The van der Waals surface area contributed by atoms with Gasteiger partial charge in [0, 0.05) is 12.8 Å². The van der Waals surface area contributed by atoms with Gasteiger partial charge in [0.1, 0.15) is 17.8 Å². The van der Waals surface area contributed by atoms with Crippen molar-refractivity contribution in [2.75, 3.05) is 34.4 Å². The molecule has 0 spiro atoms. The van der Waals surface area contributed by atoms with Gasteiger partial charge in [-0.25, -0.2) is 14.4 Å². The molecule has 4 bridgehead atoms. The number of Topliss-reactive ketones (excluding diaryl/α,β-unsaturated/α-hetero) is 1. The third-order valence-electron chi connectivity index (χ3n) is 6.95. The Labute approximate surface area is 238 Å². The molecule has 0 fully saturated rings. The lowest BCUT2D eigenvalue weighted by molar-refractivity contribution is -0.144. The molecule has 1 amide bonds. The van der Waals surface area contributed by atoms with Crippen LogP contribution in [0, 0.1) is 0 Å². The summed E-state index contributed by atoms with van der Waals surface area (Å²) < 4.78 is 66.6. The zero-order valence-electron chi connectivity index (χ0n) is 23.3. The summed E-state index contributed by atoms with van der Waals surface area (Å²) in [6.07, 6.45) is -2.90. The molecule has 15 heteroatoms. The van der Waals surface area contributed by atoms with Gasteiger partial charge in [0.05, 0.1) is 49.7 Å². The van der Waals surface area contributed by atoms with E-state index in [1.54, 1.807) is 0 Å². The van der Waals surface area contributed by atoms with E-state index in [4.69, 9.17) is 23.7 Å². The summed E-state index contributed by atoms with van der Waals surface area (Å²) in [6.45, 7) is 0.960. The highest BCUT2D eigenvalue weighted by Gasteiger charge is 2.62. The normalized spacial score (nSPS) is 26.7. The molecule has 0 aromatic rings. The number of ether oxygens (including phenoxy) is 5. The predicted molar refractivity (Wildman–Crippen MR) is 136 cm³/mol. The fraction of sp³-hybridized carbons (Fsp3) is 0.519. The fourth-order valence-electron chi connectivity index (χ4n) is 5.24. The van der Waals surface area contributed by atoms with Gasteiger partial charge in [-0.05, 0) is 32.5 Å². The molecule has 3 N–H and O–H groups in total. The molecule has 4 heterocycles. The van der Waals surface area contributed by atoms with Crippen molar-refractivity contribution < 1.29 is 60.8 Å². The maximum absolute atomic E-state index is 13.7. The Morgan fingerprint density at radius 2 is 1.57 bits per heavy atom. The second kappa shape index (κ2) is 12.6. The standard InChI is InChI=1S/C26H26F3NO10.CH5N/c1-4-38-23(35)20-18(26(27,28)29)14-9-11-25(20,40-14)15(31)6-5-7-16(32)30-12-24-10-8-13(39-24)17(21(33)36-2)19(24)22(34)37-3;1-2/h8-11,13-14H,4-7,12H2,1-3H3,(H,30,32);2H2,1H3. The van der Waals surface area contributed by atoms with Gasteiger partial charge in [-0.3, -0.25) is 9.59 Å². The van der Waals surface area contributed by atoms with Crippen LogP contribution in [0.3, 0.4) is 0 Å². The van der Waals surface area contributed by atoms with Gasteiger partial charge in [0.2, 0.25) is 5.91 Å². The maximum atomic E-state index is 13.7. The van der Waals surface area contributed by atoms with Gasteiger partial charge >= 0.3 is 24.1 Å². The van der Waals surface area contributed by atoms with E-state index < -0.39 is 70.3 Å². The van der Waals surface area contributed by atoms with E-state index in [0.717, 1.165) is 26.4 Å². The predicted octanol–water partition coefficient (Wildman–Crippen LogP) is 0.896. The Balaban J connectivity index is 0.00000237. The first-order valence-electron chi connectivity index (χ1n) is 12.9. The molecular weight excluding hydrogens is 569 g/mol. The second-order valence-corrected chi connectivity index (χ2v) is 9.25. The van der Waals surface area contributed by atoms with Gasteiger partial charge in [0.25, 0.3) is 0 Å². The number of carbonyl (C=O) groups is 5. The monoisotopic (exact) mass is 600 g/mol. The number of nitrogens with one attached hydrogen (secondary N) is 1. The summed E-state index contributed by atoms with van der Waals surface area (Å²) in [6, 6.07) is 0. The quantitative estimate of drug-likeness (QED) is 0.196. The average molecular weight is 601 g/mol. The molecule has 230 valence electrons. The highest BCUT2D eigenvalue weighted by Crippen LogP contribution is 2.50.